The van der Waals surface area contributed by atoms with Gasteiger partial charge in [0.1, 0.15) is 0 Å². The van der Waals surface area contributed by atoms with Crippen molar-refractivity contribution in [2.75, 3.05) is 13.2 Å². The average molecular weight is 305 g/mol. The van der Waals surface area contributed by atoms with Crippen LogP contribution in [0.2, 0.25) is 5.02 Å². The molecular weight excluding hydrogens is 292 g/mol. The largest absolute Gasteiger partial charge is 0.480 e. The Kier molecular flexibility index (Phi) is 3.85. The molecule has 7 heteroatoms. The van der Waals surface area contributed by atoms with E-state index in [1.54, 1.807) is 0 Å². The van der Waals surface area contributed by atoms with E-state index in [-0.39, 0.29) is 31.0 Å². The summed E-state index contributed by atoms with van der Waals surface area (Å²) >= 11 is 5.71. The molecule has 0 spiro atoms. The molecule has 0 unspecified atom stereocenters. The zero-order valence-corrected chi connectivity index (χ0v) is 11.6. The molecule has 0 bridgehead atoms. The van der Waals surface area contributed by atoms with Crippen molar-refractivity contribution >= 4 is 27.4 Å². The molecule has 0 saturated carbocycles. The van der Waals surface area contributed by atoms with Gasteiger partial charge in [0.15, 0.2) is 14.6 Å². The summed E-state index contributed by atoms with van der Waals surface area (Å²) in [7, 11) is -3.98. The maximum absolute atomic E-state index is 12.6. The number of aliphatic carboxylic acids is 1. The smallest absolute Gasteiger partial charge is 0.325 e. The summed E-state index contributed by atoms with van der Waals surface area (Å²) in [4.78, 5) is 11.5. The number of benzene rings is 1. The first-order valence-corrected chi connectivity index (χ1v) is 7.58. The van der Waals surface area contributed by atoms with Gasteiger partial charge in [-0.3, -0.25) is 4.79 Å². The normalized spacial score (nSPS) is 19.0. The highest BCUT2D eigenvalue weighted by Crippen LogP contribution is 2.35. The highest BCUT2D eigenvalue weighted by molar-refractivity contribution is 7.93. The van der Waals surface area contributed by atoms with Gasteiger partial charge < -0.3 is 9.84 Å². The van der Waals surface area contributed by atoms with E-state index in [4.69, 9.17) is 16.3 Å². The van der Waals surface area contributed by atoms with Crippen LogP contribution in [0.1, 0.15) is 12.8 Å². The van der Waals surface area contributed by atoms with Crippen LogP contribution in [-0.2, 0) is 19.4 Å². The molecule has 1 aliphatic heterocycles. The molecule has 0 atom stereocenters. The minimum atomic E-state index is -3.98. The van der Waals surface area contributed by atoms with Gasteiger partial charge in [0.05, 0.1) is 4.90 Å². The molecule has 0 aromatic heterocycles. The van der Waals surface area contributed by atoms with Crippen molar-refractivity contribution in [2.45, 2.75) is 22.5 Å². The van der Waals surface area contributed by atoms with E-state index in [1.807, 2.05) is 0 Å². The van der Waals surface area contributed by atoms with Crippen molar-refractivity contribution in [2.24, 2.45) is 0 Å². The van der Waals surface area contributed by atoms with Crippen LogP contribution in [0.3, 0.4) is 0 Å². The second kappa shape index (κ2) is 5.11. The first kappa shape index (κ1) is 14.3. The molecule has 1 aromatic rings. The zero-order chi connectivity index (χ0) is 14.1. The van der Waals surface area contributed by atoms with Crippen LogP contribution in [0.5, 0.6) is 0 Å². The van der Waals surface area contributed by atoms with Crippen molar-refractivity contribution in [1.82, 2.24) is 0 Å². The van der Waals surface area contributed by atoms with Crippen molar-refractivity contribution in [1.29, 1.82) is 0 Å². The van der Waals surface area contributed by atoms with Crippen LogP contribution in [0, 0.1) is 0 Å². The summed E-state index contributed by atoms with van der Waals surface area (Å²) < 4.78 is 28.4. The lowest BCUT2D eigenvalue weighted by molar-refractivity contribution is -0.142. The molecule has 2 rings (SSSR count). The lowest BCUT2D eigenvalue weighted by atomic mass is 9.99. The molecule has 104 valence electrons. The third kappa shape index (κ3) is 2.35. The summed E-state index contributed by atoms with van der Waals surface area (Å²) in [6.07, 6.45) is -0.0966. The topological polar surface area (TPSA) is 80.7 Å². The number of ether oxygens (including phenoxy) is 1. The summed E-state index contributed by atoms with van der Waals surface area (Å²) in [5.74, 6) is -1.33. The van der Waals surface area contributed by atoms with Gasteiger partial charge in [-0.2, -0.15) is 0 Å². The van der Waals surface area contributed by atoms with Gasteiger partial charge >= 0.3 is 5.97 Å². The Morgan fingerprint density at radius 1 is 1.21 bits per heavy atom. The quantitative estimate of drug-likeness (QED) is 0.920. The summed E-state index contributed by atoms with van der Waals surface area (Å²) in [5.41, 5.74) is 0. The zero-order valence-electron chi connectivity index (χ0n) is 10.0. The number of carbonyl (C=O) groups is 1. The number of halogens is 1. The van der Waals surface area contributed by atoms with Gasteiger partial charge in [-0.25, -0.2) is 8.42 Å². The monoisotopic (exact) mass is 304 g/mol. The molecule has 1 N–H and O–H groups in total. The van der Waals surface area contributed by atoms with E-state index in [1.165, 1.54) is 24.3 Å². The maximum atomic E-state index is 12.6. The fraction of sp³-hybridized carbons (Fsp3) is 0.417. The molecule has 5 nitrogen and oxygen atoms in total. The van der Waals surface area contributed by atoms with E-state index >= 15 is 0 Å². The van der Waals surface area contributed by atoms with E-state index in [9.17, 15) is 18.3 Å². The second-order valence-corrected chi connectivity index (χ2v) is 7.07. The van der Waals surface area contributed by atoms with Gasteiger partial charge in [0.2, 0.25) is 0 Å². The van der Waals surface area contributed by atoms with Crippen LogP contribution in [0.15, 0.2) is 29.2 Å². The highest BCUT2D eigenvalue weighted by atomic mass is 35.5. The minimum Gasteiger partial charge on any atom is -0.480 e. The number of carboxylic acid groups (broad SMARTS) is 1. The predicted molar refractivity (Wildman–Crippen MR) is 69.1 cm³/mol. The SMILES string of the molecule is O=C(O)C1(S(=O)(=O)c2ccc(Cl)cc2)CCOCC1. The van der Waals surface area contributed by atoms with E-state index < -0.39 is 20.6 Å². The van der Waals surface area contributed by atoms with Gasteiger partial charge in [-0.05, 0) is 24.3 Å². The Labute approximate surface area is 116 Å². The molecule has 19 heavy (non-hydrogen) atoms. The number of hydrogen-bond donors (Lipinski definition) is 1. The van der Waals surface area contributed by atoms with Crippen molar-refractivity contribution in [3.63, 3.8) is 0 Å². The Morgan fingerprint density at radius 3 is 2.21 bits per heavy atom. The number of hydrogen-bond acceptors (Lipinski definition) is 4. The minimum absolute atomic E-state index is 0.0267. The Hall–Kier alpha value is -1.11. The third-order valence-electron chi connectivity index (χ3n) is 3.33. The van der Waals surface area contributed by atoms with E-state index in [0.29, 0.717) is 5.02 Å². The first-order chi connectivity index (χ1) is 8.90. The molecule has 1 aliphatic rings. The van der Waals surface area contributed by atoms with Gasteiger partial charge in [0.25, 0.3) is 0 Å². The molecule has 1 saturated heterocycles. The van der Waals surface area contributed by atoms with Gasteiger partial charge in [0, 0.05) is 31.1 Å². The van der Waals surface area contributed by atoms with E-state index in [2.05, 4.69) is 0 Å². The predicted octanol–water partition coefficient (Wildman–Crippen LogP) is 1.75. The average Bonchev–Trinajstić information content (AvgIpc) is 2.39. The molecule has 1 aromatic carbocycles. The van der Waals surface area contributed by atoms with Crippen LogP contribution in [0.4, 0.5) is 0 Å². The van der Waals surface area contributed by atoms with Crippen molar-refractivity contribution in [3.8, 4) is 0 Å². The standard InChI is InChI=1S/C12H13ClO5S/c13-9-1-3-10(4-2-9)19(16,17)12(11(14)15)5-7-18-8-6-12/h1-4H,5-8H2,(H,14,15). The highest BCUT2D eigenvalue weighted by Gasteiger charge is 2.52. The fourth-order valence-electron chi connectivity index (χ4n) is 2.14. The summed E-state index contributed by atoms with van der Waals surface area (Å²) in [6.45, 7) is 0.248. The van der Waals surface area contributed by atoms with Gasteiger partial charge in [-0.15, -0.1) is 0 Å². The molecule has 0 radical (unpaired) electrons. The Balaban J connectivity index is 2.51. The second-order valence-electron chi connectivity index (χ2n) is 4.37. The number of carboxylic acids is 1. The number of sulfone groups is 1. The third-order valence-corrected chi connectivity index (χ3v) is 6.09. The summed E-state index contributed by atoms with van der Waals surface area (Å²) in [5, 5.41) is 9.78. The maximum Gasteiger partial charge on any atom is 0.325 e. The molecular formula is C12H13ClO5S. The molecule has 0 amide bonds. The van der Waals surface area contributed by atoms with Crippen molar-refractivity contribution < 1.29 is 23.1 Å². The van der Waals surface area contributed by atoms with Crippen molar-refractivity contribution in [3.05, 3.63) is 29.3 Å². The Bertz CT molecular complexity index is 573. The molecule has 1 fully saturated rings. The summed E-state index contributed by atoms with van der Waals surface area (Å²) in [6, 6.07) is 5.53. The Morgan fingerprint density at radius 2 is 1.74 bits per heavy atom. The van der Waals surface area contributed by atoms with E-state index in [0.717, 1.165) is 0 Å². The van der Waals surface area contributed by atoms with Crippen LogP contribution in [0.25, 0.3) is 0 Å². The fourth-order valence-corrected chi connectivity index (χ4v) is 4.14. The lowest BCUT2D eigenvalue weighted by Gasteiger charge is -2.32. The number of rotatable bonds is 3. The lowest BCUT2D eigenvalue weighted by Crippen LogP contribution is -2.50. The first-order valence-electron chi connectivity index (χ1n) is 5.71. The van der Waals surface area contributed by atoms with Gasteiger partial charge in [-0.1, -0.05) is 11.6 Å². The molecule has 0 aliphatic carbocycles. The van der Waals surface area contributed by atoms with Crippen LogP contribution in [-0.4, -0.2) is 37.5 Å². The van der Waals surface area contributed by atoms with Crippen LogP contribution >= 0.6 is 11.6 Å². The molecule has 1 heterocycles. The van der Waals surface area contributed by atoms with Crippen LogP contribution < -0.4 is 0 Å².